The molecule has 1 aliphatic heterocycles. The van der Waals surface area contributed by atoms with Gasteiger partial charge in [0.05, 0.1) is 5.56 Å². The van der Waals surface area contributed by atoms with Gasteiger partial charge in [-0.2, -0.15) is 0 Å². The smallest absolute Gasteiger partial charge is 0.255 e. The van der Waals surface area contributed by atoms with Crippen molar-refractivity contribution in [2.75, 3.05) is 26.2 Å². The predicted octanol–water partition coefficient (Wildman–Crippen LogP) is 4.31. The Morgan fingerprint density at radius 3 is 2.48 bits per heavy atom. The van der Waals surface area contributed by atoms with Gasteiger partial charge < -0.3 is 9.64 Å². The van der Waals surface area contributed by atoms with Crippen molar-refractivity contribution in [3.8, 4) is 11.6 Å². The molecule has 0 unspecified atom stereocenters. The SMILES string of the molecule is CCN(CC)C(=O)c1ccc(Oc2ccc3c(c2)CCN(C2CCC2)CC3)nc1. The van der Waals surface area contributed by atoms with Crippen LogP contribution in [0.3, 0.4) is 0 Å². The number of hydrogen-bond donors (Lipinski definition) is 0. The molecule has 0 spiro atoms. The highest BCUT2D eigenvalue weighted by Gasteiger charge is 2.26. The van der Waals surface area contributed by atoms with Crippen LogP contribution in [0.2, 0.25) is 0 Å². The van der Waals surface area contributed by atoms with Crippen LogP contribution in [0.5, 0.6) is 11.6 Å². The molecule has 2 aliphatic rings. The highest BCUT2D eigenvalue weighted by molar-refractivity contribution is 5.93. The van der Waals surface area contributed by atoms with Gasteiger partial charge in [0.15, 0.2) is 0 Å². The molecular formula is C24H31N3O2. The topological polar surface area (TPSA) is 45.7 Å². The number of carbonyl (C=O) groups excluding carboxylic acids is 1. The van der Waals surface area contributed by atoms with Gasteiger partial charge in [-0.3, -0.25) is 9.69 Å². The number of ether oxygens (including phenoxy) is 1. The Hall–Kier alpha value is -2.40. The highest BCUT2D eigenvalue weighted by Crippen LogP contribution is 2.29. The standard InChI is InChI=1S/C24H31N3O2/c1-3-26(4-2)24(28)20-9-11-23(25-17-20)29-22-10-8-18-12-14-27(21-6-5-7-21)15-13-19(18)16-22/h8-11,16-17,21H,3-7,12-15H2,1-2H3. The van der Waals surface area contributed by atoms with E-state index in [4.69, 9.17) is 4.74 Å². The van der Waals surface area contributed by atoms with Gasteiger partial charge in [0.1, 0.15) is 5.75 Å². The number of benzene rings is 1. The van der Waals surface area contributed by atoms with Gasteiger partial charge in [-0.15, -0.1) is 0 Å². The summed E-state index contributed by atoms with van der Waals surface area (Å²) >= 11 is 0. The Labute approximate surface area is 173 Å². The van der Waals surface area contributed by atoms with Gasteiger partial charge >= 0.3 is 0 Å². The van der Waals surface area contributed by atoms with Crippen LogP contribution in [-0.4, -0.2) is 52.9 Å². The van der Waals surface area contributed by atoms with Crippen molar-refractivity contribution in [3.63, 3.8) is 0 Å². The summed E-state index contributed by atoms with van der Waals surface area (Å²) in [5.74, 6) is 1.34. The van der Waals surface area contributed by atoms with Crippen molar-refractivity contribution in [3.05, 3.63) is 53.2 Å². The number of aromatic nitrogens is 1. The van der Waals surface area contributed by atoms with Crippen LogP contribution in [0.15, 0.2) is 36.5 Å². The second kappa shape index (κ2) is 8.95. The Morgan fingerprint density at radius 2 is 1.86 bits per heavy atom. The van der Waals surface area contributed by atoms with Gasteiger partial charge in [-0.1, -0.05) is 12.5 Å². The first-order chi connectivity index (χ1) is 14.2. The fourth-order valence-corrected chi connectivity index (χ4v) is 4.28. The number of rotatable bonds is 6. The molecule has 29 heavy (non-hydrogen) atoms. The van der Waals surface area contributed by atoms with Gasteiger partial charge in [0, 0.05) is 44.5 Å². The fraction of sp³-hybridized carbons (Fsp3) is 0.500. The molecule has 1 aliphatic carbocycles. The third-order valence-corrected chi connectivity index (χ3v) is 6.36. The molecule has 0 radical (unpaired) electrons. The zero-order valence-corrected chi connectivity index (χ0v) is 17.6. The molecule has 1 amide bonds. The first-order valence-electron chi connectivity index (χ1n) is 11.0. The largest absolute Gasteiger partial charge is 0.439 e. The molecular weight excluding hydrogens is 362 g/mol. The van der Waals surface area contributed by atoms with E-state index in [1.807, 2.05) is 19.9 Å². The molecule has 0 atom stereocenters. The number of pyridine rings is 1. The molecule has 1 aromatic carbocycles. The Bertz CT molecular complexity index is 842. The number of carbonyl (C=O) groups is 1. The Morgan fingerprint density at radius 1 is 1.10 bits per heavy atom. The minimum absolute atomic E-state index is 0.00935. The summed E-state index contributed by atoms with van der Waals surface area (Å²) in [4.78, 5) is 21.2. The summed E-state index contributed by atoms with van der Waals surface area (Å²) in [6, 6.07) is 10.8. The summed E-state index contributed by atoms with van der Waals surface area (Å²) < 4.78 is 5.99. The lowest BCUT2D eigenvalue weighted by atomic mass is 9.91. The van der Waals surface area contributed by atoms with Crippen LogP contribution < -0.4 is 4.74 Å². The van der Waals surface area contributed by atoms with E-state index in [0.29, 0.717) is 24.5 Å². The quantitative estimate of drug-likeness (QED) is 0.734. The number of fused-ring (bicyclic) bond motifs is 1. The van der Waals surface area contributed by atoms with Crippen molar-refractivity contribution in [1.82, 2.24) is 14.8 Å². The van der Waals surface area contributed by atoms with E-state index >= 15 is 0 Å². The summed E-state index contributed by atoms with van der Waals surface area (Å²) in [5, 5.41) is 0. The van der Waals surface area contributed by atoms with Crippen LogP contribution in [0.4, 0.5) is 0 Å². The van der Waals surface area contributed by atoms with Gasteiger partial charge in [0.25, 0.3) is 5.91 Å². The molecule has 1 fully saturated rings. The van der Waals surface area contributed by atoms with E-state index in [0.717, 1.165) is 31.2 Å². The zero-order valence-electron chi connectivity index (χ0n) is 17.6. The average molecular weight is 394 g/mol. The maximum absolute atomic E-state index is 12.4. The molecule has 5 nitrogen and oxygen atoms in total. The van der Waals surface area contributed by atoms with E-state index in [1.165, 1.54) is 36.9 Å². The maximum Gasteiger partial charge on any atom is 0.255 e. The summed E-state index contributed by atoms with van der Waals surface area (Å²) in [6.07, 6.45) is 7.92. The molecule has 1 aromatic heterocycles. The molecule has 4 rings (SSSR count). The molecule has 2 aromatic rings. The Balaban J connectivity index is 1.41. The second-order valence-corrected chi connectivity index (χ2v) is 8.02. The lowest BCUT2D eigenvalue weighted by Crippen LogP contribution is -2.41. The first-order valence-corrected chi connectivity index (χ1v) is 11.0. The fourth-order valence-electron chi connectivity index (χ4n) is 4.28. The highest BCUT2D eigenvalue weighted by atomic mass is 16.5. The summed E-state index contributed by atoms with van der Waals surface area (Å²) in [6.45, 7) is 7.66. The second-order valence-electron chi connectivity index (χ2n) is 8.02. The molecule has 0 saturated heterocycles. The molecule has 2 heterocycles. The van der Waals surface area contributed by atoms with Crippen LogP contribution in [0, 0.1) is 0 Å². The number of nitrogens with zero attached hydrogens (tertiary/aromatic N) is 3. The van der Waals surface area contributed by atoms with E-state index in [9.17, 15) is 4.79 Å². The average Bonchev–Trinajstić information content (AvgIpc) is 2.91. The van der Waals surface area contributed by atoms with Gasteiger partial charge in [0.2, 0.25) is 5.88 Å². The minimum atomic E-state index is 0.00935. The van der Waals surface area contributed by atoms with Crippen molar-refractivity contribution in [2.45, 2.75) is 52.0 Å². The van der Waals surface area contributed by atoms with Gasteiger partial charge in [-0.05, 0) is 68.9 Å². The normalized spacial score (nSPS) is 17.2. The Kier molecular flexibility index (Phi) is 6.14. The summed E-state index contributed by atoms with van der Waals surface area (Å²) in [7, 11) is 0. The lowest BCUT2D eigenvalue weighted by Gasteiger charge is -2.36. The van der Waals surface area contributed by atoms with Gasteiger partial charge in [-0.25, -0.2) is 4.98 Å². The van der Waals surface area contributed by atoms with Crippen molar-refractivity contribution in [1.29, 1.82) is 0 Å². The monoisotopic (exact) mass is 393 g/mol. The maximum atomic E-state index is 12.4. The van der Waals surface area contributed by atoms with E-state index < -0.39 is 0 Å². The van der Waals surface area contributed by atoms with Crippen LogP contribution in [0.25, 0.3) is 0 Å². The van der Waals surface area contributed by atoms with Crippen molar-refractivity contribution >= 4 is 5.91 Å². The molecule has 5 heteroatoms. The molecule has 0 N–H and O–H groups in total. The lowest BCUT2D eigenvalue weighted by molar-refractivity contribution is 0.0772. The van der Waals surface area contributed by atoms with E-state index in [1.54, 1.807) is 23.2 Å². The number of amides is 1. The first kappa shape index (κ1) is 19.9. The third-order valence-electron chi connectivity index (χ3n) is 6.36. The minimum Gasteiger partial charge on any atom is -0.439 e. The third kappa shape index (κ3) is 4.45. The van der Waals surface area contributed by atoms with E-state index in [-0.39, 0.29) is 5.91 Å². The van der Waals surface area contributed by atoms with Crippen molar-refractivity contribution < 1.29 is 9.53 Å². The number of hydrogen-bond acceptors (Lipinski definition) is 4. The predicted molar refractivity (Wildman–Crippen MR) is 115 cm³/mol. The molecule has 0 bridgehead atoms. The van der Waals surface area contributed by atoms with Crippen LogP contribution in [-0.2, 0) is 12.8 Å². The van der Waals surface area contributed by atoms with Crippen LogP contribution >= 0.6 is 0 Å². The van der Waals surface area contributed by atoms with Crippen LogP contribution in [0.1, 0.15) is 54.6 Å². The van der Waals surface area contributed by atoms with Crippen molar-refractivity contribution in [2.24, 2.45) is 0 Å². The summed E-state index contributed by atoms with van der Waals surface area (Å²) in [5.41, 5.74) is 3.42. The zero-order chi connectivity index (χ0) is 20.2. The molecule has 154 valence electrons. The molecule has 1 saturated carbocycles. The van der Waals surface area contributed by atoms with E-state index in [2.05, 4.69) is 22.0 Å².